The van der Waals surface area contributed by atoms with Crippen LogP contribution in [-0.4, -0.2) is 167 Å². The van der Waals surface area contributed by atoms with Gasteiger partial charge in [-0.15, -0.1) is 0 Å². The number of aliphatic hydroxyl groups excluding tert-OH is 9. The van der Waals surface area contributed by atoms with Gasteiger partial charge in [-0.05, 0) is 24.3 Å². The summed E-state index contributed by atoms with van der Waals surface area (Å²) in [4.78, 5) is 13.8. The molecule has 14 atom stereocenters. The molecule has 1 aromatic heterocycles. The number of ether oxygens (including phenoxy) is 6. The third-order valence-electron chi connectivity index (χ3n) is 8.96. The Morgan fingerprint density at radius 1 is 0.673 bits per heavy atom. The average molecular weight is 743 g/mol. The molecule has 6 rings (SSSR count). The van der Waals surface area contributed by atoms with Crippen LogP contribution in [0, 0.1) is 0 Å². The van der Waals surface area contributed by atoms with Gasteiger partial charge in [0.2, 0.25) is 17.5 Å². The van der Waals surface area contributed by atoms with E-state index in [0.717, 1.165) is 12.1 Å². The topological polar surface area (TPSA) is 328 Å². The second-order valence-electron chi connectivity index (χ2n) is 12.5. The van der Waals surface area contributed by atoms with E-state index < -0.39 is 134 Å². The molecule has 3 aliphatic rings. The molecular formula is C32H38O20. The fraction of sp³-hybridized carbons (Fsp3) is 0.531. The molecular weight excluding hydrogens is 704 g/mol. The Bertz CT molecular complexity index is 1750. The van der Waals surface area contributed by atoms with Crippen molar-refractivity contribution in [1.29, 1.82) is 0 Å². The molecule has 52 heavy (non-hydrogen) atoms. The maximum Gasteiger partial charge on any atom is 0.239 e. The van der Waals surface area contributed by atoms with Crippen molar-refractivity contribution >= 4 is 11.0 Å². The Labute approximate surface area is 292 Å². The zero-order chi connectivity index (χ0) is 37.6. The number of hydrogen-bond acceptors (Lipinski definition) is 20. The van der Waals surface area contributed by atoms with Crippen LogP contribution in [0.25, 0.3) is 22.3 Å². The first-order valence-corrected chi connectivity index (χ1v) is 15.9. The summed E-state index contributed by atoms with van der Waals surface area (Å²) >= 11 is 0. The lowest BCUT2D eigenvalue weighted by Gasteiger charge is -2.47. The summed E-state index contributed by atoms with van der Waals surface area (Å²) in [7, 11) is 0. The van der Waals surface area contributed by atoms with E-state index in [1.54, 1.807) is 0 Å². The van der Waals surface area contributed by atoms with E-state index >= 15 is 0 Å². The number of phenols is 3. The van der Waals surface area contributed by atoms with Gasteiger partial charge in [0.15, 0.2) is 18.3 Å². The van der Waals surface area contributed by atoms with Crippen molar-refractivity contribution in [1.82, 2.24) is 0 Å². The predicted molar refractivity (Wildman–Crippen MR) is 167 cm³/mol. The summed E-state index contributed by atoms with van der Waals surface area (Å²) in [6, 6.07) is 7.10. The molecule has 0 aliphatic carbocycles. The van der Waals surface area contributed by atoms with Gasteiger partial charge in [-0.2, -0.15) is 0 Å². The van der Waals surface area contributed by atoms with Crippen LogP contribution in [0.15, 0.2) is 45.6 Å². The maximum atomic E-state index is 13.8. The first kappa shape index (κ1) is 38.0. The van der Waals surface area contributed by atoms with Crippen LogP contribution in [0.4, 0.5) is 0 Å². The van der Waals surface area contributed by atoms with E-state index in [1.165, 1.54) is 24.3 Å². The van der Waals surface area contributed by atoms with Gasteiger partial charge in [-0.25, -0.2) is 0 Å². The van der Waals surface area contributed by atoms with Gasteiger partial charge in [0, 0.05) is 17.7 Å². The van der Waals surface area contributed by atoms with Crippen LogP contribution in [0.3, 0.4) is 0 Å². The Morgan fingerprint density at radius 3 is 1.98 bits per heavy atom. The van der Waals surface area contributed by atoms with Gasteiger partial charge in [0.25, 0.3) is 0 Å². The van der Waals surface area contributed by atoms with Crippen LogP contribution in [0.2, 0.25) is 0 Å². The lowest BCUT2D eigenvalue weighted by Crippen LogP contribution is -2.66. The smallest absolute Gasteiger partial charge is 0.239 e. The number of rotatable bonds is 9. The number of hydrogen-bond donors (Lipinski definition) is 12. The molecule has 20 nitrogen and oxygen atoms in total. The molecule has 0 amide bonds. The molecule has 3 saturated heterocycles. The molecule has 20 heteroatoms. The summed E-state index contributed by atoms with van der Waals surface area (Å²) < 4.78 is 39.6. The minimum Gasteiger partial charge on any atom is -0.508 e. The van der Waals surface area contributed by atoms with Crippen molar-refractivity contribution in [2.75, 3.05) is 19.8 Å². The summed E-state index contributed by atoms with van der Waals surface area (Å²) in [5, 5.41) is 124. The van der Waals surface area contributed by atoms with Gasteiger partial charge in [0.05, 0.1) is 19.8 Å². The van der Waals surface area contributed by atoms with Gasteiger partial charge in [-0.1, -0.05) is 0 Å². The average Bonchev–Trinajstić information content (AvgIpc) is 3.11. The van der Waals surface area contributed by atoms with Gasteiger partial charge < -0.3 is 94.1 Å². The molecule has 286 valence electrons. The Hall–Kier alpha value is -3.71. The SMILES string of the molecule is O=c1c(OC2OC(CO)C(O)C(OC3OC(CO)C(O)C(O)C3OC3OCC(O)C(O)C3O)C2O)c(-c2ccc(O)cc2)oc2cc(O)cc(O)c12. The lowest BCUT2D eigenvalue weighted by atomic mass is 9.96. The number of fused-ring (bicyclic) bond motifs is 1. The highest BCUT2D eigenvalue weighted by Crippen LogP contribution is 2.38. The molecule has 0 saturated carbocycles. The van der Waals surface area contributed by atoms with Crippen LogP contribution in [0.5, 0.6) is 23.0 Å². The Morgan fingerprint density at radius 2 is 1.31 bits per heavy atom. The highest BCUT2D eigenvalue weighted by molar-refractivity contribution is 5.88. The molecule has 3 fully saturated rings. The van der Waals surface area contributed by atoms with Crippen LogP contribution >= 0.6 is 0 Å². The predicted octanol–water partition coefficient (Wildman–Crippen LogP) is -3.96. The maximum absolute atomic E-state index is 13.8. The molecule has 14 unspecified atom stereocenters. The fourth-order valence-corrected chi connectivity index (χ4v) is 6.12. The summed E-state index contributed by atoms with van der Waals surface area (Å²) in [5.74, 6) is -2.30. The van der Waals surface area contributed by atoms with Gasteiger partial charge in [-0.3, -0.25) is 4.79 Å². The van der Waals surface area contributed by atoms with Crippen molar-refractivity contribution in [3.63, 3.8) is 0 Å². The van der Waals surface area contributed by atoms with Crippen LogP contribution in [0.1, 0.15) is 0 Å². The molecule has 3 aliphatic heterocycles. The third kappa shape index (κ3) is 7.14. The molecule has 2 aromatic carbocycles. The van der Waals surface area contributed by atoms with E-state index in [1.807, 2.05) is 0 Å². The minimum absolute atomic E-state index is 0.134. The second-order valence-corrected chi connectivity index (χ2v) is 12.5. The molecule has 4 heterocycles. The third-order valence-corrected chi connectivity index (χ3v) is 8.96. The first-order valence-electron chi connectivity index (χ1n) is 15.9. The van der Waals surface area contributed by atoms with E-state index in [4.69, 9.17) is 32.8 Å². The van der Waals surface area contributed by atoms with Crippen LogP contribution in [-0.2, 0) is 23.7 Å². The normalized spacial score (nSPS) is 36.9. The molecule has 0 radical (unpaired) electrons. The largest absolute Gasteiger partial charge is 0.508 e. The van der Waals surface area contributed by atoms with E-state index in [-0.39, 0.29) is 22.7 Å². The Balaban J connectivity index is 1.34. The van der Waals surface area contributed by atoms with Crippen molar-refractivity contribution in [2.45, 2.75) is 86.0 Å². The Kier molecular flexibility index (Phi) is 11.2. The van der Waals surface area contributed by atoms with Crippen molar-refractivity contribution in [3.05, 3.63) is 46.6 Å². The van der Waals surface area contributed by atoms with E-state index in [2.05, 4.69) is 0 Å². The van der Waals surface area contributed by atoms with Crippen molar-refractivity contribution in [2.24, 2.45) is 0 Å². The molecule has 12 N–H and O–H groups in total. The zero-order valence-corrected chi connectivity index (χ0v) is 26.8. The lowest BCUT2D eigenvalue weighted by molar-refractivity contribution is -0.380. The second kappa shape index (κ2) is 15.3. The number of aliphatic hydroxyl groups is 9. The summed E-state index contributed by atoms with van der Waals surface area (Å²) in [5.41, 5.74) is -1.16. The van der Waals surface area contributed by atoms with E-state index in [0.29, 0.717) is 0 Å². The number of phenolic OH excluding ortho intramolecular Hbond substituents is 3. The molecule has 0 spiro atoms. The highest BCUT2D eigenvalue weighted by Gasteiger charge is 2.54. The van der Waals surface area contributed by atoms with E-state index in [9.17, 15) is 66.1 Å². The molecule has 3 aromatic rings. The summed E-state index contributed by atoms with van der Waals surface area (Å²) in [6.07, 6.45) is -25.3. The van der Waals surface area contributed by atoms with Gasteiger partial charge in [0.1, 0.15) is 95.4 Å². The fourth-order valence-electron chi connectivity index (χ4n) is 6.12. The van der Waals surface area contributed by atoms with Gasteiger partial charge >= 0.3 is 0 Å². The minimum atomic E-state index is -2.09. The summed E-state index contributed by atoms with van der Waals surface area (Å²) in [6.45, 7) is -2.30. The number of benzene rings is 2. The zero-order valence-electron chi connectivity index (χ0n) is 26.8. The monoisotopic (exact) mass is 742 g/mol. The van der Waals surface area contributed by atoms with Crippen molar-refractivity contribution in [3.8, 4) is 34.3 Å². The quantitative estimate of drug-likeness (QED) is 0.0995. The molecule has 0 bridgehead atoms. The standard InChI is InChI=1S/C32H38O20/c33-7-16-20(40)23(43)29(52-30-24(44)19(39)14(38)9-46-30)32(49-16)50-27-21(41)17(8-34)48-31(25(27)45)51-28-22(42)18-13(37)5-12(36)6-15(18)47-26(28)10-1-3-11(35)4-2-10/h1-6,14,16-17,19-21,23-25,27,29-41,43-45H,7-9H2. The van der Waals surface area contributed by atoms with Crippen LogP contribution < -0.4 is 10.2 Å². The number of aromatic hydroxyl groups is 3. The first-order chi connectivity index (χ1) is 24.7. The highest BCUT2D eigenvalue weighted by atomic mass is 16.8. The van der Waals surface area contributed by atoms with Crippen molar-refractivity contribution < 1.29 is 94.1 Å².